The normalized spacial score (nSPS) is 21.4. The highest BCUT2D eigenvalue weighted by molar-refractivity contribution is 7.89. The summed E-state index contributed by atoms with van der Waals surface area (Å²) in [4.78, 5) is -0.0819. The van der Waals surface area contributed by atoms with E-state index in [1.54, 1.807) is 7.05 Å². The molecule has 1 aromatic carbocycles. The van der Waals surface area contributed by atoms with Crippen LogP contribution in [-0.2, 0) is 23.5 Å². The third-order valence-electron chi connectivity index (χ3n) is 3.60. The van der Waals surface area contributed by atoms with Crippen LogP contribution in [0.3, 0.4) is 0 Å². The zero-order chi connectivity index (χ0) is 15.2. The number of anilines is 1. The number of benzene rings is 1. The number of nitrogens with two attached hydrogens (primary N) is 1. The summed E-state index contributed by atoms with van der Waals surface area (Å²) in [5.74, 6) is -0.0641. The fraction of sp³-hybridized carbons (Fsp3) is 0.308. The second-order valence-corrected chi connectivity index (χ2v) is 6.80. The number of hydrogen-bond acceptors (Lipinski definition) is 5. The summed E-state index contributed by atoms with van der Waals surface area (Å²) in [6, 6.07) is 6.69. The van der Waals surface area contributed by atoms with E-state index in [1.807, 2.05) is 24.3 Å². The molecule has 2 aromatic rings. The van der Waals surface area contributed by atoms with Crippen LogP contribution < -0.4 is 10.5 Å². The molecule has 3 rings (SSSR count). The number of sulfonamides is 1. The van der Waals surface area contributed by atoms with Crippen molar-refractivity contribution in [2.45, 2.75) is 23.5 Å². The monoisotopic (exact) mass is 308 g/mol. The number of rotatable bonds is 3. The molecule has 8 heteroatoms. The minimum atomic E-state index is -3.85. The Morgan fingerprint density at radius 1 is 1.43 bits per heavy atom. The third kappa shape index (κ3) is 2.41. The predicted molar refractivity (Wildman–Crippen MR) is 76.8 cm³/mol. The molecule has 0 radical (unpaired) electrons. The second kappa shape index (κ2) is 4.83. The van der Waals surface area contributed by atoms with Crippen molar-refractivity contribution in [1.82, 2.24) is 14.5 Å². The van der Waals surface area contributed by atoms with Crippen LogP contribution in [0.15, 0.2) is 35.4 Å². The molecule has 21 heavy (non-hydrogen) atoms. The van der Waals surface area contributed by atoms with E-state index < -0.39 is 22.2 Å². The number of hydrogen-bond donors (Lipinski definition) is 3. The summed E-state index contributed by atoms with van der Waals surface area (Å²) in [6.45, 7) is 0. The largest absolute Gasteiger partial charge is 0.391 e. The van der Waals surface area contributed by atoms with Crippen molar-refractivity contribution in [2.75, 3.05) is 5.73 Å². The van der Waals surface area contributed by atoms with Crippen molar-refractivity contribution in [3.8, 4) is 0 Å². The van der Waals surface area contributed by atoms with Gasteiger partial charge in [0.2, 0.25) is 10.0 Å². The van der Waals surface area contributed by atoms with Crippen molar-refractivity contribution in [2.24, 2.45) is 7.05 Å². The number of nitrogens with zero attached hydrogens (tertiary/aromatic N) is 2. The summed E-state index contributed by atoms with van der Waals surface area (Å²) in [5.41, 5.74) is 7.35. The number of aliphatic hydroxyl groups excluding tert-OH is 1. The van der Waals surface area contributed by atoms with Crippen LogP contribution >= 0.6 is 0 Å². The van der Waals surface area contributed by atoms with Crippen LogP contribution in [0, 0.1) is 0 Å². The Morgan fingerprint density at radius 2 is 2.14 bits per heavy atom. The fourth-order valence-corrected chi connectivity index (χ4v) is 3.99. The Balaban J connectivity index is 1.95. The van der Waals surface area contributed by atoms with Gasteiger partial charge >= 0.3 is 0 Å². The van der Waals surface area contributed by atoms with Crippen molar-refractivity contribution < 1.29 is 13.5 Å². The van der Waals surface area contributed by atoms with E-state index in [0.717, 1.165) is 11.1 Å². The number of aryl methyl sites for hydroxylation is 1. The van der Waals surface area contributed by atoms with E-state index in [2.05, 4.69) is 9.82 Å². The van der Waals surface area contributed by atoms with Crippen molar-refractivity contribution >= 4 is 15.8 Å². The van der Waals surface area contributed by atoms with E-state index in [4.69, 9.17) is 5.73 Å². The summed E-state index contributed by atoms with van der Waals surface area (Å²) in [5, 5.41) is 13.9. The lowest BCUT2D eigenvalue weighted by molar-refractivity contribution is 0.151. The van der Waals surface area contributed by atoms with Gasteiger partial charge in [0.05, 0.1) is 12.1 Å². The molecule has 0 spiro atoms. The molecular formula is C13H16N4O3S. The second-order valence-electron chi connectivity index (χ2n) is 5.12. The predicted octanol–water partition coefficient (Wildman–Crippen LogP) is -0.0611. The lowest BCUT2D eigenvalue weighted by Gasteiger charge is -2.17. The Labute approximate surface area is 122 Å². The van der Waals surface area contributed by atoms with Gasteiger partial charge in [0, 0.05) is 19.7 Å². The molecule has 2 atom stereocenters. The van der Waals surface area contributed by atoms with Crippen LogP contribution in [0.25, 0.3) is 0 Å². The topological polar surface area (TPSA) is 110 Å². The first-order valence-electron chi connectivity index (χ1n) is 6.46. The van der Waals surface area contributed by atoms with Gasteiger partial charge in [-0.1, -0.05) is 24.3 Å². The molecule has 0 saturated heterocycles. The van der Waals surface area contributed by atoms with E-state index in [1.165, 1.54) is 10.9 Å². The number of aliphatic hydroxyl groups is 1. The highest BCUT2D eigenvalue weighted by Crippen LogP contribution is 2.32. The molecule has 0 fully saturated rings. The van der Waals surface area contributed by atoms with Crippen LogP contribution in [-0.4, -0.2) is 29.4 Å². The summed E-state index contributed by atoms with van der Waals surface area (Å²) in [6.07, 6.45) is 0.964. The Kier molecular flexibility index (Phi) is 3.23. The van der Waals surface area contributed by atoms with Crippen molar-refractivity contribution in [3.63, 3.8) is 0 Å². The van der Waals surface area contributed by atoms with Gasteiger partial charge in [0.25, 0.3) is 0 Å². The van der Waals surface area contributed by atoms with Gasteiger partial charge in [-0.3, -0.25) is 4.68 Å². The standard InChI is InChI=1S/C13H16N4O3S/c1-17-7-11(13(14)15-17)21(19,20)16-12-9-5-3-2-4-8(9)6-10(12)18/h2-5,7,10,12,16,18H,6H2,1H3,(H2,14,15)/t10-,12+/m0/s1. The Bertz CT molecular complexity index is 784. The number of aromatic nitrogens is 2. The quantitative estimate of drug-likeness (QED) is 0.735. The molecule has 0 aliphatic heterocycles. The Hall–Kier alpha value is -1.90. The highest BCUT2D eigenvalue weighted by Gasteiger charge is 2.35. The third-order valence-corrected chi connectivity index (χ3v) is 5.06. The van der Waals surface area contributed by atoms with Crippen LogP contribution in [0.5, 0.6) is 0 Å². The first-order chi connectivity index (χ1) is 9.88. The number of nitrogens with one attached hydrogen (secondary N) is 1. The molecule has 0 amide bonds. The smallest absolute Gasteiger partial charge is 0.246 e. The zero-order valence-corrected chi connectivity index (χ0v) is 12.2. The average molecular weight is 308 g/mol. The number of fused-ring (bicyclic) bond motifs is 1. The summed E-state index contributed by atoms with van der Waals surface area (Å²) < 4.78 is 28.7. The molecule has 0 unspecified atom stereocenters. The van der Waals surface area contributed by atoms with Gasteiger partial charge in [-0.25, -0.2) is 13.1 Å². The van der Waals surface area contributed by atoms with Crippen LogP contribution in [0.4, 0.5) is 5.82 Å². The molecule has 0 bridgehead atoms. The molecular weight excluding hydrogens is 292 g/mol. The van der Waals surface area contributed by atoms with Gasteiger partial charge in [-0.05, 0) is 11.1 Å². The first kappa shape index (κ1) is 14.1. The van der Waals surface area contributed by atoms with Crippen LogP contribution in [0.2, 0.25) is 0 Å². The van der Waals surface area contributed by atoms with Gasteiger partial charge in [0.15, 0.2) is 5.82 Å². The first-order valence-corrected chi connectivity index (χ1v) is 7.94. The van der Waals surface area contributed by atoms with E-state index in [0.29, 0.717) is 6.42 Å². The SMILES string of the molecule is Cn1cc(S(=O)(=O)N[C@@H]2c3ccccc3C[C@@H]2O)c(N)n1. The lowest BCUT2D eigenvalue weighted by Crippen LogP contribution is -2.34. The molecule has 1 heterocycles. The fourth-order valence-electron chi connectivity index (χ4n) is 2.64. The van der Waals surface area contributed by atoms with Crippen molar-refractivity contribution in [1.29, 1.82) is 0 Å². The molecule has 1 aliphatic rings. The lowest BCUT2D eigenvalue weighted by atomic mass is 10.1. The minimum Gasteiger partial charge on any atom is -0.391 e. The molecule has 1 aromatic heterocycles. The number of nitrogen functional groups attached to an aromatic ring is 1. The van der Waals surface area contributed by atoms with Gasteiger partial charge in [0.1, 0.15) is 4.90 Å². The summed E-state index contributed by atoms with van der Waals surface area (Å²) >= 11 is 0. The average Bonchev–Trinajstić information content (AvgIpc) is 2.91. The molecule has 1 aliphatic carbocycles. The van der Waals surface area contributed by atoms with Gasteiger partial charge in [-0.15, -0.1) is 0 Å². The summed E-state index contributed by atoms with van der Waals surface area (Å²) in [7, 11) is -2.26. The van der Waals surface area contributed by atoms with Gasteiger partial charge < -0.3 is 10.8 Å². The molecule has 112 valence electrons. The maximum absolute atomic E-state index is 12.4. The van der Waals surface area contributed by atoms with E-state index in [-0.39, 0.29) is 10.7 Å². The maximum atomic E-state index is 12.4. The Morgan fingerprint density at radius 3 is 2.81 bits per heavy atom. The molecule has 7 nitrogen and oxygen atoms in total. The van der Waals surface area contributed by atoms with E-state index in [9.17, 15) is 13.5 Å². The van der Waals surface area contributed by atoms with E-state index >= 15 is 0 Å². The minimum absolute atomic E-state index is 0.0641. The van der Waals surface area contributed by atoms with Gasteiger partial charge in [-0.2, -0.15) is 5.10 Å². The molecule has 0 saturated carbocycles. The maximum Gasteiger partial charge on any atom is 0.246 e. The van der Waals surface area contributed by atoms with Crippen molar-refractivity contribution in [3.05, 3.63) is 41.6 Å². The molecule has 4 N–H and O–H groups in total. The zero-order valence-electron chi connectivity index (χ0n) is 11.4. The van der Waals surface area contributed by atoms with Crippen LogP contribution in [0.1, 0.15) is 17.2 Å². The highest BCUT2D eigenvalue weighted by atomic mass is 32.2.